The molecule has 0 saturated carbocycles. The number of benzene rings is 1. The Balaban J connectivity index is 1.62. The number of hydrogen-bond donors (Lipinski definition) is 2. The van der Waals surface area contributed by atoms with E-state index in [1.807, 2.05) is 36.7 Å². The van der Waals surface area contributed by atoms with Gasteiger partial charge in [-0.1, -0.05) is 39.8 Å². The molecule has 3 aromatic rings. The zero-order valence-electron chi connectivity index (χ0n) is 11.7. The summed E-state index contributed by atoms with van der Waals surface area (Å²) in [6, 6.07) is 7.83. The largest absolute Gasteiger partial charge is 0.335 e. The Labute approximate surface area is 140 Å². The molecule has 0 unspecified atom stereocenters. The van der Waals surface area contributed by atoms with Gasteiger partial charge in [-0.25, -0.2) is 4.68 Å². The molecule has 8 heteroatoms. The highest BCUT2D eigenvalue weighted by Crippen LogP contribution is 2.28. The van der Waals surface area contributed by atoms with Crippen LogP contribution in [0.3, 0.4) is 0 Å². The minimum absolute atomic E-state index is 0.657. The lowest BCUT2D eigenvalue weighted by Crippen LogP contribution is -2.11. The molecular weight excluding hydrogens is 364 g/mol. The SMILES string of the molecule is Nn1c(SCCCc2cn[nH]c2)nnc1-c1ccccc1Br. The molecule has 0 aliphatic rings. The standard InChI is InChI=1S/C14H15BrN6S/c15-12-6-2-1-5-11(12)13-19-20-14(21(13)16)22-7-3-4-10-8-17-18-9-10/h1-2,5-6,8-9H,3-4,7,16H2,(H,17,18). The highest BCUT2D eigenvalue weighted by molar-refractivity contribution is 9.10. The minimum atomic E-state index is 0.657. The van der Waals surface area contributed by atoms with E-state index in [0.717, 1.165) is 33.8 Å². The first-order valence-corrected chi connectivity index (χ1v) is 8.59. The molecule has 2 heterocycles. The van der Waals surface area contributed by atoms with Gasteiger partial charge in [0.25, 0.3) is 0 Å². The summed E-state index contributed by atoms with van der Waals surface area (Å²) in [5.74, 6) is 7.70. The molecule has 22 heavy (non-hydrogen) atoms. The normalized spacial score (nSPS) is 11.0. The number of nitrogens with two attached hydrogens (primary N) is 1. The van der Waals surface area contributed by atoms with Gasteiger partial charge in [-0.3, -0.25) is 5.10 Å². The van der Waals surface area contributed by atoms with Crippen molar-refractivity contribution in [3.63, 3.8) is 0 Å². The molecule has 2 aromatic heterocycles. The number of aryl methyl sites for hydroxylation is 1. The van der Waals surface area contributed by atoms with E-state index in [1.165, 1.54) is 5.56 Å². The number of rotatable bonds is 6. The fourth-order valence-corrected chi connectivity index (χ4v) is 3.31. The lowest BCUT2D eigenvalue weighted by molar-refractivity contribution is 0.844. The number of H-pyrrole nitrogens is 1. The third-order valence-corrected chi connectivity index (χ3v) is 4.90. The molecule has 0 saturated heterocycles. The number of nitrogens with zero attached hydrogens (tertiary/aromatic N) is 4. The molecule has 0 radical (unpaired) electrons. The molecule has 0 aliphatic heterocycles. The summed E-state index contributed by atoms with van der Waals surface area (Å²) < 4.78 is 2.49. The summed E-state index contributed by atoms with van der Waals surface area (Å²) in [5, 5.41) is 15.8. The molecule has 3 rings (SSSR count). The summed E-state index contributed by atoms with van der Waals surface area (Å²) in [6.45, 7) is 0. The van der Waals surface area contributed by atoms with Crippen LogP contribution in [0.15, 0.2) is 46.3 Å². The van der Waals surface area contributed by atoms with Gasteiger partial charge in [0.15, 0.2) is 5.82 Å². The second kappa shape index (κ2) is 6.97. The highest BCUT2D eigenvalue weighted by atomic mass is 79.9. The second-order valence-corrected chi connectivity index (χ2v) is 6.63. The molecule has 3 N–H and O–H groups in total. The average molecular weight is 379 g/mol. The lowest BCUT2D eigenvalue weighted by Gasteiger charge is -2.05. The van der Waals surface area contributed by atoms with Gasteiger partial charge in [0.2, 0.25) is 5.16 Å². The van der Waals surface area contributed by atoms with Crippen LogP contribution >= 0.6 is 27.7 Å². The number of hydrogen-bond acceptors (Lipinski definition) is 5. The van der Waals surface area contributed by atoms with Crippen molar-refractivity contribution in [1.82, 2.24) is 25.1 Å². The summed E-state index contributed by atoms with van der Waals surface area (Å²) in [6.07, 6.45) is 5.78. The van der Waals surface area contributed by atoms with Crippen molar-refractivity contribution in [3.05, 3.63) is 46.7 Å². The second-order valence-electron chi connectivity index (χ2n) is 4.71. The van der Waals surface area contributed by atoms with Crippen LogP contribution in [0.5, 0.6) is 0 Å². The van der Waals surface area contributed by atoms with E-state index in [9.17, 15) is 0 Å². The zero-order chi connectivity index (χ0) is 15.4. The molecule has 0 bridgehead atoms. The average Bonchev–Trinajstić information content (AvgIpc) is 3.15. The summed E-state index contributed by atoms with van der Waals surface area (Å²) in [5.41, 5.74) is 2.14. The Morgan fingerprint density at radius 3 is 2.91 bits per heavy atom. The smallest absolute Gasteiger partial charge is 0.210 e. The molecule has 0 atom stereocenters. The van der Waals surface area contributed by atoms with Crippen LogP contribution in [0, 0.1) is 0 Å². The summed E-state index contributed by atoms with van der Waals surface area (Å²) in [4.78, 5) is 0. The topological polar surface area (TPSA) is 85.4 Å². The number of nitrogens with one attached hydrogen (secondary N) is 1. The number of nitrogen functional groups attached to an aromatic ring is 1. The van der Waals surface area contributed by atoms with Crippen molar-refractivity contribution in [3.8, 4) is 11.4 Å². The fourth-order valence-electron chi connectivity index (χ4n) is 2.06. The third-order valence-electron chi connectivity index (χ3n) is 3.18. The van der Waals surface area contributed by atoms with E-state index in [-0.39, 0.29) is 0 Å². The maximum Gasteiger partial charge on any atom is 0.210 e. The van der Waals surface area contributed by atoms with E-state index < -0.39 is 0 Å². The summed E-state index contributed by atoms with van der Waals surface area (Å²) >= 11 is 5.12. The monoisotopic (exact) mass is 378 g/mol. The van der Waals surface area contributed by atoms with Crippen molar-refractivity contribution in [2.45, 2.75) is 18.0 Å². The maximum atomic E-state index is 6.12. The van der Waals surface area contributed by atoms with E-state index >= 15 is 0 Å². The fraction of sp³-hybridized carbons (Fsp3) is 0.214. The van der Waals surface area contributed by atoms with E-state index in [0.29, 0.717) is 5.82 Å². The number of halogens is 1. The minimum Gasteiger partial charge on any atom is -0.335 e. The van der Waals surface area contributed by atoms with Gasteiger partial charge in [-0.2, -0.15) is 5.10 Å². The number of aromatic nitrogens is 5. The number of thioether (sulfide) groups is 1. The van der Waals surface area contributed by atoms with Crippen LogP contribution in [-0.4, -0.2) is 30.8 Å². The van der Waals surface area contributed by atoms with Crippen LogP contribution < -0.4 is 5.84 Å². The molecular formula is C14H15BrN6S. The quantitative estimate of drug-likeness (QED) is 0.391. The lowest BCUT2D eigenvalue weighted by atomic mass is 10.2. The molecule has 114 valence electrons. The Morgan fingerprint density at radius 1 is 1.27 bits per heavy atom. The Kier molecular flexibility index (Phi) is 4.79. The van der Waals surface area contributed by atoms with Gasteiger partial charge >= 0.3 is 0 Å². The highest BCUT2D eigenvalue weighted by Gasteiger charge is 2.13. The molecule has 6 nitrogen and oxygen atoms in total. The van der Waals surface area contributed by atoms with Gasteiger partial charge in [0, 0.05) is 22.0 Å². The van der Waals surface area contributed by atoms with E-state index in [2.05, 4.69) is 36.3 Å². The Hall–Kier alpha value is -1.80. The van der Waals surface area contributed by atoms with E-state index in [4.69, 9.17) is 5.84 Å². The van der Waals surface area contributed by atoms with Crippen LogP contribution in [0.4, 0.5) is 0 Å². The molecule has 0 amide bonds. The van der Waals surface area contributed by atoms with Crippen molar-refractivity contribution >= 4 is 27.7 Å². The zero-order valence-corrected chi connectivity index (χ0v) is 14.1. The third kappa shape index (κ3) is 3.33. The Morgan fingerprint density at radius 2 is 2.14 bits per heavy atom. The summed E-state index contributed by atoms with van der Waals surface area (Å²) in [7, 11) is 0. The molecule has 1 aromatic carbocycles. The van der Waals surface area contributed by atoms with Gasteiger partial charge in [-0.15, -0.1) is 10.2 Å². The van der Waals surface area contributed by atoms with Gasteiger partial charge in [0.1, 0.15) is 0 Å². The Bertz CT molecular complexity index is 740. The number of aromatic amines is 1. The van der Waals surface area contributed by atoms with Crippen molar-refractivity contribution in [2.75, 3.05) is 11.6 Å². The van der Waals surface area contributed by atoms with Crippen molar-refractivity contribution in [2.24, 2.45) is 0 Å². The maximum absolute atomic E-state index is 6.12. The van der Waals surface area contributed by atoms with Gasteiger partial charge < -0.3 is 5.84 Å². The van der Waals surface area contributed by atoms with Crippen LogP contribution in [0.2, 0.25) is 0 Å². The molecule has 0 fully saturated rings. The van der Waals surface area contributed by atoms with Gasteiger partial charge in [-0.05, 0) is 30.5 Å². The van der Waals surface area contributed by atoms with Crippen LogP contribution in [-0.2, 0) is 6.42 Å². The first kappa shape index (κ1) is 15.1. The first-order valence-electron chi connectivity index (χ1n) is 6.81. The molecule has 0 aliphatic carbocycles. The predicted octanol–water partition coefficient (Wildman–Crippen LogP) is 2.87. The van der Waals surface area contributed by atoms with Crippen molar-refractivity contribution < 1.29 is 0 Å². The predicted molar refractivity (Wildman–Crippen MR) is 90.9 cm³/mol. The van der Waals surface area contributed by atoms with Crippen LogP contribution in [0.25, 0.3) is 11.4 Å². The van der Waals surface area contributed by atoms with E-state index in [1.54, 1.807) is 16.4 Å². The molecule has 0 spiro atoms. The van der Waals surface area contributed by atoms with Gasteiger partial charge in [0.05, 0.1) is 6.20 Å². The first-order chi connectivity index (χ1) is 10.8. The van der Waals surface area contributed by atoms with Crippen molar-refractivity contribution in [1.29, 1.82) is 0 Å². The van der Waals surface area contributed by atoms with Crippen LogP contribution in [0.1, 0.15) is 12.0 Å².